The number of halogens is 1. The maximum atomic E-state index is 13.1. The molecule has 0 radical (unpaired) electrons. The number of hydrogen-bond donors (Lipinski definition) is 0. The molecule has 1 nitrogen and oxygen atoms in total. The Morgan fingerprint density at radius 2 is 2.06 bits per heavy atom. The molecule has 0 unspecified atom stereocenters. The van der Waals surface area contributed by atoms with Crippen LogP contribution in [0.2, 0.25) is 0 Å². The third-order valence-corrected chi connectivity index (χ3v) is 3.84. The first-order valence-electron chi connectivity index (χ1n) is 5.30. The van der Waals surface area contributed by atoms with Crippen LogP contribution in [-0.2, 0) is 0 Å². The lowest BCUT2D eigenvalue weighted by atomic mass is 10.1. The Bertz CT molecular complexity index is 502. The van der Waals surface area contributed by atoms with E-state index in [0.29, 0.717) is 11.5 Å². The molecule has 0 saturated carbocycles. The van der Waals surface area contributed by atoms with Crippen molar-refractivity contribution >= 4 is 11.3 Å². The van der Waals surface area contributed by atoms with E-state index in [1.807, 2.05) is 12.3 Å². The number of rotatable bonds is 2. The van der Waals surface area contributed by atoms with Crippen LogP contribution in [0.3, 0.4) is 0 Å². The van der Waals surface area contributed by atoms with Gasteiger partial charge in [0.2, 0.25) is 0 Å². The zero-order chi connectivity index (χ0) is 11.7. The van der Waals surface area contributed by atoms with Crippen molar-refractivity contribution in [1.82, 2.24) is 4.98 Å². The summed E-state index contributed by atoms with van der Waals surface area (Å²) in [4.78, 5) is 5.64. The summed E-state index contributed by atoms with van der Waals surface area (Å²) in [5.74, 6) is 0.331. The largest absolute Gasteiger partial charge is 0.244 e. The average molecular weight is 235 g/mol. The van der Waals surface area contributed by atoms with E-state index in [9.17, 15) is 4.39 Å². The molecule has 3 heteroatoms. The molecule has 1 heterocycles. The molecule has 0 spiro atoms. The first-order valence-corrected chi connectivity index (χ1v) is 6.12. The SMILES string of the molecule is Cc1cc(-c2ncc(C(C)C)s2)ccc1F. The van der Waals surface area contributed by atoms with Crippen molar-refractivity contribution in [2.45, 2.75) is 26.7 Å². The van der Waals surface area contributed by atoms with E-state index >= 15 is 0 Å². The molecule has 84 valence electrons. The summed E-state index contributed by atoms with van der Waals surface area (Å²) in [5, 5.41) is 0.965. The van der Waals surface area contributed by atoms with Crippen LogP contribution in [0.15, 0.2) is 24.4 Å². The minimum Gasteiger partial charge on any atom is -0.244 e. The van der Waals surface area contributed by atoms with Crippen LogP contribution in [0, 0.1) is 12.7 Å². The normalized spacial score (nSPS) is 11.1. The van der Waals surface area contributed by atoms with Gasteiger partial charge in [-0.25, -0.2) is 9.37 Å². The fourth-order valence-corrected chi connectivity index (χ4v) is 2.38. The predicted octanol–water partition coefficient (Wildman–Crippen LogP) is 4.38. The van der Waals surface area contributed by atoms with E-state index < -0.39 is 0 Å². The highest BCUT2D eigenvalue weighted by atomic mass is 32.1. The van der Waals surface area contributed by atoms with Crippen LogP contribution < -0.4 is 0 Å². The fraction of sp³-hybridized carbons (Fsp3) is 0.308. The molecule has 1 aromatic heterocycles. The van der Waals surface area contributed by atoms with Gasteiger partial charge in [-0.15, -0.1) is 11.3 Å². The Morgan fingerprint density at radius 1 is 1.31 bits per heavy atom. The molecule has 16 heavy (non-hydrogen) atoms. The highest BCUT2D eigenvalue weighted by molar-refractivity contribution is 7.15. The summed E-state index contributed by atoms with van der Waals surface area (Å²) in [6, 6.07) is 5.13. The Kier molecular flexibility index (Phi) is 3.06. The van der Waals surface area contributed by atoms with Crippen LogP contribution in [0.25, 0.3) is 10.6 Å². The molecule has 0 aliphatic heterocycles. The highest BCUT2D eigenvalue weighted by Gasteiger charge is 2.08. The number of thiazole rings is 1. The van der Waals surface area contributed by atoms with Crippen molar-refractivity contribution in [3.8, 4) is 10.6 Å². The van der Waals surface area contributed by atoms with Crippen LogP contribution in [0.5, 0.6) is 0 Å². The summed E-state index contributed by atoms with van der Waals surface area (Å²) in [6.45, 7) is 6.07. The Labute approximate surface area is 99.0 Å². The minimum atomic E-state index is -0.163. The van der Waals surface area contributed by atoms with E-state index in [2.05, 4.69) is 18.8 Å². The van der Waals surface area contributed by atoms with Crippen LogP contribution in [0.1, 0.15) is 30.2 Å². The van der Waals surface area contributed by atoms with Gasteiger partial charge in [-0.1, -0.05) is 13.8 Å². The van der Waals surface area contributed by atoms with E-state index in [-0.39, 0.29) is 5.82 Å². The molecule has 0 fully saturated rings. The van der Waals surface area contributed by atoms with Gasteiger partial charge in [-0.05, 0) is 36.6 Å². The molecule has 0 N–H and O–H groups in total. The van der Waals surface area contributed by atoms with Crippen molar-refractivity contribution < 1.29 is 4.39 Å². The minimum absolute atomic E-state index is 0.163. The second-order valence-electron chi connectivity index (χ2n) is 4.19. The zero-order valence-electron chi connectivity index (χ0n) is 9.62. The van der Waals surface area contributed by atoms with Gasteiger partial charge < -0.3 is 0 Å². The summed E-state index contributed by atoms with van der Waals surface area (Å²) in [5.41, 5.74) is 1.66. The topological polar surface area (TPSA) is 12.9 Å². The van der Waals surface area contributed by atoms with Gasteiger partial charge in [0, 0.05) is 16.6 Å². The van der Waals surface area contributed by atoms with Crippen molar-refractivity contribution in [3.63, 3.8) is 0 Å². The van der Waals surface area contributed by atoms with E-state index in [1.54, 1.807) is 24.3 Å². The van der Waals surface area contributed by atoms with Crippen molar-refractivity contribution in [3.05, 3.63) is 40.7 Å². The second-order valence-corrected chi connectivity index (χ2v) is 5.25. The molecule has 2 rings (SSSR count). The molecule has 0 bridgehead atoms. The number of benzene rings is 1. The Balaban J connectivity index is 2.39. The third kappa shape index (κ3) is 2.14. The smallest absolute Gasteiger partial charge is 0.126 e. The molecular formula is C13H14FNS. The first-order chi connectivity index (χ1) is 7.58. The second kappa shape index (κ2) is 4.34. The maximum Gasteiger partial charge on any atom is 0.126 e. The van der Waals surface area contributed by atoms with Gasteiger partial charge in [-0.2, -0.15) is 0 Å². The van der Waals surface area contributed by atoms with Crippen LogP contribution in [0.4, 0.5) is 4.39 Å². The van der Waals surface area contributed by atoms with E-state index in [1.165, 1.54) is 10.9 Å². The number of aromatic nitrogens is 1. The van der Waals surface area contributed by atoms with Gasteiger partial charge in [0.1, 0.15) is 10.8 Å². The number of nitrogens with zero attached hydrogens (tertiary/aromatic N) is 1. The zero-order valence-corrected chi connectivity index (χ0v) is 10.4. The lowest BCUT2D eigenvalue weighted by Crippen LogP contribution is -1.83. The quantitative estimate of drug-likeness (QED) is 0.752. The van der Waals surface area contributed by atoms with Crippen molar-refractivity contribution in [2.24, 2.45) is 0 Å². The molecule has 0 aliphatic rings. The molecule has 0 amide bonds. The fourth-order valence-electron chi connectivity index (χ4n) is 1.46. The molecule has 0 aliphatic carbocycles. The lowest BCUT2D eigenvalue weighted by molar-refractivity contribution is 0.619. The Morgan fingerprint density at radius 3 is 2.62 bits per heavy atom. The van der Waals surface area contributed by atoms with Crippen LogP contribution in [-0.4, -0.2) is 4.98 Å². The predicted molar refractivity (Wildman–Crippen MR) is 66.3 cm³/mol. The summed E-state index contributed by atoms with van der Waals surface area (Å²) < 4.78 is 13.1. The van der Waals surface area contributed by atoms with Gasteiger partial charge in [0.05, 0.1) is 0 Å². The Hall–Kier alpha value is -1.22. The summed E-state index contributed by atoms with van der Waals surface area (Å²) in [7, 11) is 0. The lowest BCUT2D eigenvalue weighted by Gasteiger charge is -2.00. The highest BCUT2D eigenvalue weighted by Crippen LogP contribution is 2.30. The van der Waals surface area contributed by atoms with Gasteiger partial charge in [0.25, 0.3) is 0 Å². The third-order valence-electron chi connectivity index (χ3n) is 2.50. The van der Waals surface area contributed by atoms with Crippen molar-refractivity contribution in [2.75, 3.05) is 0 Å². The van der Waals surface area contributed by atoms with Gasteiger partial charge in [0.15, 0.2) is 0 Å². The van der Waals surface area contributed by atoms with Crippen LogP contribution >= 0.6 is 11.3 Å². The first kappa shape index (κ1) is 11.3. The molecule has 2 aromatic rings. The molecule has 0 atom stereocenters. The van der Waals surface area contributed by atoms with Gasteiger partial charge in [-0.3, -0.25) is 0 Å². The number of hydrogen-bond acceptors (Lipinski definition) is 2. The molecule has 0 saturated heterocycles. The standard InChI is InChI=1S/C13H14FNS/c1-8(2)12-7-15-13(16-12)10-4-5-11(14)9(3)6-10/h4-8H,1-3H3. The monoisotopic (exact) mass is 235 g/mol. The van der Waals surface area contributed by atoms with Gasteiger partial charge >= 0.3 is 0 Å². The summed E-state index contributed by atoms with van der Waals surface area (Å²) in [6.07, 6.45) is 1.91. The number of aryl methyl sites for hydroxylation is 1. The maximum absolute atomic E-state index is 13.1. The molecular weight excluding hydrogens is 221 g/mol. The van der Waals surface area contributed by atoms with E-state index in [0.717, 1.165) is 10.6 Å². The average Bonchev–Trinajstić information content (AvgIpc) is 2.71. The van der Waals surface area contributed by atoms with E-state index in [4.69, 9.17) is 0 Å². The summed E-state index contributed by atoms with van der Waals surface area (Å²) >= 11 is 1.68. The molecule has 1 aromatic carbocycles. The van der Waals surface area contributed by atoms with Crippen molar-refractivity contribution in [1.29, 1.82) is 0 Å².